The molecule has 0 heterocycles. The predicted molar refractivity (Wildman–Crippen MR) is 172 cm³/mol. The van der Waals surface area contributed by atoms with Gasteiger partial charge in [0.25, 0.3) is 0 Å². The molecule has 0 bridgehead atoms. The van der Waals surface area contributed by atoms with Crippen molar-refractivity contribution in [2.24, 2.45) is 20.5 Å². The second-order valence-corrected chi connectivity index (χ2v) is 10.7. The number of hydrogen-bond donors (Lipinski definition) is 0. The highest BCUT2D eigenvalue weighted by Gasteiger charge is 2.05. The number of unbranched alkanes of at least 4 members (excludes halogenated alkanes) is 9. The summed E-state index contributed by atoms with van der Waals surface area (Å²) in [5, 5.41) is 17.7. The van der Waals surface area contributed by atoms with Crippen molar-refractivity contribution in [2.75, 3.05) is 18.0 Å². The lowest BCUT2D eigenvalue weighted by Crippen LogP contribution is -2.21. The Kier molecular flexibility index (Phi) is 14.1. The highest BCUT2D eigenvalue weighted by molar-refractivity contribution is 5.58. The van der Waals surface area contributed by atoms with Crippen LogP contribution in [0.15, 0.2) is 87.2 Å². The zero-order valence-electron chi connectivity index (χ0n) is 25.3. The molecule has 0 aliphatic rings. The molecular weight excluding hydrogens is 490 g/mol. The van der Waals surface area contributed by atoms with E-state index in [1.54, 1.807) is 0 Å². The van der Waals surface area contributed by atoms with Crippen molar-refractivity contribution in [3.8, 4) is 0 Å². The fourth-order valence-corrected chi connectivity index (χ4v) is 4.90. The molecule has 0 aromatic heterocycles. The first-order valence-corrected chi connectivity index (χ1v) is 15.5. The van der Waals surface area contributed by atoms with Crippen LogP contribution >= 0.6 is 0 Å². The van der Waals surface area contributed by atoms with Crippen LogP contribution in [0.2, 0.25) is 0 Å². The van der Waals surface area contributed by atoms with Crippen LogP contribution in [0.25, 0.3) is 0 Å². The maximum Gasteiger partial charge on any atom is 0.0887 e. The Labute approximate surface area is 242 Å². The third-order valence-electron chi connectivity index (χ3n) is 7.47. The van der Waals surface area contributed by atoms with Crippen molar-refractivity contribution >= 4 is 28.4 Å². The van der Waals surface area contributed by atoms with E-state index in [2.05, 4.69) is 89.5 Å². The summed E-state index contributed by atoms with van der Waals surface area (Å²) in [4.78, 5) is 2.33. The monoisotopic (exact) mass is 539 g/mol. The van der Waals surface area contributed by atoms with Crippen LogP contribution in [0.5, 0.6) is 0 Å². The molecule has 0 saturated carbocycles. The van der Waals surface area contributed by atoms with E-state index in [1.807, 2.05) is 30.3 Å². The molecule has 0 spiro atoms. The molecule has 3 rings (SSSR count). The Hall–Kier alpha value is -3.34. The van der Waals surface area contributed by atoms with Gasteiger partial charge in [-0.1, -0.05) is 76.8 Å². The zero-order valence-corrected chi connectivity index (χ0v) is 25.3. The Morgan fingerprint density at radius 3 is 1.50 bits per heavy atom. The average molecular weight is 540 g/mol. The summed E-state index contributed by atoms with van der Waals surface area (Å²) >= 11 is 0. The molecule has 3 aromatic carbocycles. The summed E-state index contributed by atoms with van der Waals surface area (Å²) in [6, 6.07) is 22.5. The van der Waals surface area contributed by atoms with Crippen LogP contribution in [-0.4, -0.2) is 13.1 Å². The van der Waals surface area contributed by atoms with Crippen LogP contribution < -0.4 is 4.90 Å². The van der Waals surface area contributed by atoms with E-state index in [0.717, 1.165) is 47.8 Å². The summed E-state index contributed by atoms with van der Waals surface area (Å²) in [6.07, 6.45) is 14.9. The van der Waals surface area contributed by atoms with Crippen molar-refractivity contribution in [3.63, 3.8) is 0 Å². The predicted octanol–water partition coefficient (Wildman–Crippen LogP) is 12.1. The first-order valence-electron chi connectivity index (χ1n) is 15.5. The van der Waals surface area contributed by atoms with Gasteiger partial charge >= 0.3 is 0 Å². The van der Waals surface area contributed by atoms with Crippen molar-refractivity contribution < 1.29 is 0 Å². The van der Waals surface area contributed by atoms with Crippen LogP contribution in [0.4, 0.5) is 28.4 Å². The van der Waals surface area contributed by atoms with E-state index < -0.39 is 0 Å². The van der Waals surface area contributed by atoms with Crippen LogP contribution in [0, 0.1) is 6.92 Å². The molecule has 40 heavy (non-hydrogen) atoms. The van der Waals surface area contributed by atoms with E-state index >= 15 is 0 Å². The molecule has 0 aliphatic heterocycles. The number of azo groups is 2. The van der Waals surface area contributed by atoms with Crippen LogP contribution in [0.1, 0.15) is 96.1 Å². The topological polar surface area (TPSA) is 52.7 Å². The van der Waals surface area contributed by atoms with Gasteiger partial charge in [-0.05, 0) is 99.3 Å². The van der Waals surface area contributed by atoms with E-state index in [-0.39, 0.29) is 0 Å². The number of rotatable bonds is 18. The third kappa shape index (κ3) is 11.0. The molecule has 0 unspecified atom stereocenters. The van der Waals surface area contributed by atoms with Gasteiger partial charge in [-0.25, -0.2) is 0 Å². The molecule has 0 fully saturated rings. The summed E-state index contributed by atoms with van der Waals surface area (Å²) in [6.45, 7) is 10.7. The van der Waals surface area contributed by atoms with Gasteiger partial charge in [-0.15, -0.1) is 0 Å². The minimum atomic E-state index is 0.794. The van der Waals surface area contributed by atoms with Gasteiger partial charge in [0.05, 0.1) is 22.7 Å². The number of nitrogens with zero attached hydrogens (tertiary/aromatic N) is 5. The molecule has 214 valence electrons. The first kappa shape index (κ1) is 31.2. The van der Waals surface area contributed by atoms with E-state index in [9.17, 15) is 0 Å². The molecular formula is C35H49N5. The van der Waals surface area contributed by atoms with Gasteiger partial charge < -0.3 is 4.90 Å². The van der Waals surface area contributed by atoms with Gasteiger partial charge in [0.15, 0.2) is 0 Å². The number of anilines is 1. The van der Waals surface area contributed by atoms with Crippen molar-refractivity contribution in [1.82, 2.24) is 0 Å². The first-order chi connectivity index (χ1) is 19.6. The Bertz CT molecular complexity index is 1160. The van der Waals surface area contributed by atoms with E-state index in [1.165, 1.54) is 75.5 Å². The maximum absolute atomic E-state index is 4.46. The summed E-state index contributed by atoms with van der Waals surface area (Å²) in [5.74, 6) is 0. The van der Waals surface area contributed by atoms with E-state index in [4.69, 9.17) is 0 Å². The van der Waals surface area contributed by atoms with E-state index in [0.29, 0.717) is 0 Å². The molecule has 5 heteroatoms. The summed E-state index contributed by atoms with van der Waals surface area (Å²) in [7, 11) is 0. The molecule has 0 radical (unpaired) electrons. The fraction of sp³-hybridized carbons (Fsp3) is 0.486. The lowest BCUT2D eigenvalue weighted by Gasteiger charge is -2.21. The van der Waals surface area contributed by atoms with Gasteiger partial charge in [0.1, 0.15) is 0 Å². The molecule has 0 aliphatic carbocycles. The minimum Gasteiger partial charge on any atom is -0.372 e. The quantitative estimate of drug-likeness (QED) is 0.117. The highest BCUT2D eigenvalue weighted by atomic mass is 15.1. The smallest absolute Gasteiger partial charge is 0.0887 e. The number of hydrogen-bond acceptors (Lipinski definition) is 5. The maximum atomic E-state index is 4.46. The molecule has 0 amide bonds. The van der Waals surface area contributed by atoms with Crippen molar-refractivity contribution in [2.45, 2.75) is 98.3 Å². The summed E-state index contributed by atoms with van der Waals surface area (Å²) in [5.41, 5.74) is 7.07. The Morgan fingerprint density at radius 2 is 1.00 bits per heavy atom. The van der Waals surface area contributed by atoms with Crippen LogP contribution in [-0.2, 0) is 6.42 Å². The number of aryl methyl sites for hydroxylation is 2. The Balaban J connectivity index is 1.40. The normalized spacial score (nSPS) is 11.6. The van der Waals surface area contributed by atoms with Crippen LogP contribution in [0.3, 0.4) is 0 Å². The van der Waals surface area contributed by atoms with Gasteiger partial charge in [-0.2, -0.15) is 20.5 Å². The van der Waals surface area contributed by atoms with Gasteiger partial charge in [-0.3, -0.25) is 0 Å². The minimum absolute atomic E-state index is 0.794. The largest absolute Gasteiger partial charge is 0.372 e. The van der Waals surface area contributed by atoms with Crippen molar-refractivity contribution in [3.05, 3.63) is 77.9 Å². The standard InChI is InChI=1S/C35H49N5/c1-5-8-9-10-11-12-13-14-15-16-17-30-18-20-31(21-19-30)36-37-32-22-24-33(25-23-32)38-39-35-27-26-34(28-29(35)4)40(6-2)7-3/h18-28H,5-17H2,1-4H3. The fourth-order valence-electron chi connectivity index (χ4n) is 4.90. The molecule has 0 N–H and O–H groups in total. The Morgan fingerprint density at radius 1 is 0.525 bits per heavy atom. The highest BCUT2D eigenvalue weighted by Crippen LogP contribution is 2.28. The molecule has 3 aromatic rings. The third-order valence-corrected chi connectivity index (χ3v) is 7.47. The SMILES string of the molecule is CCCCCCCCCCCCc1ccc(N=Nc2ccc(N=Nc3ccc(N(CC)CC)cc3C)cc2)cc1. The molecule has 5 nitrogen and oxygen atoms in total. The van der Waals surface area contributed by atoms with Gasteiger partial charge in [0, 0.05) is 18.8 Å². The summed E-state index contributed by atoms with van der Waals surface area (Å²) < 4.78 is 0. The molecule has 0 atom stereocenters. The average Bonchev–Trinajstić information content (AvgIpc) is 2.98. The zero-order chi connectivity index (χ0) is 28.4. The second-order valence-electron chi connectivity index (χ2n) is 10.7. The molecule has 0 saturated heterocycles. The van der Waals surface area contributed by atoms with Crippen molar-refractivity contribution in [1.29, 1.82) is 0 Å². The second kappa shape index (κ2) is 18.1. The van der Waals surface area contributed by atoms with Gasteiger partial charge in [0.2, 0.25) is 0 Å². The number of benzene rings is 3. The lowest BCUT2D eigenvalue weighted by atomic mass is 10.0. The lowest BCUT2D eigenvalue weighted by molar-refractivity contribution is 0.556.